The molecular formula is C70H123NO8. The van der Waals surface area contributed by atoms with E-state index in [1.54, 1.807) is 6.08 Å². The van der Waals surface area contributed by atoms with Crippen molar-refractivity contribution in [3.63, 3.8) is 0 Å². The van der Waals surface area contributed by atoms with Crippen molar-refractivity contribution in [2.24, 2.45) is 0 Å². The molecule has 6 N–H and O–H groups in total. The first-order valence-corrected chi connectivity index (χ1v) is 33.0. The van der Waals surface area contributed by atoms with Gasteiger partial charge in [-0.1, -0.05) is 284 Å². The van der Waals surface area contributed by atoms with E-state index in [-0.39, 0.29) is 12.5 Å². The van der Waals surface area contributed by atoms with Crippen molar-refractivity contribution in [1.82, 2.24) is 5.32 Å². The molecule has 1 heterocycles. The van der Waals surface area contributed by atoms with Crippen LogP contribution in [0.3, 0.4) is 0 Å². The molecule has 0 spiro atoms. The van der Waals surface area contributed by atoms with Crippen LogP contribution in [0.1, 0.15) is 284 Å². The third-order valence-corrected chi connectivity index (χ3v) is 15.1. The number of carbonyl (C=O) groups excluding carboxylic acids is 1. The average Bonchev–Trinajstić information content (AvgIpc) is 3.46. The van der Waals surface area contributed by atoms with Gasteiger partial charge in [-0.05, 0) is 89.9 Å². The zero-order valence-electron chi connectivity index (χ0n) is 50.9. The van der Waals surface area contributed by atoms with Crippen molar-refractivity contribution in [2.75, 3.05) is 13.2 Å². The zero-order valence-corrected chi connectivity index (χ0v) is 50.9. The van der Waals surface area contributed by atoms with Crippen molar-refractivity contribution in [3.8, 4) is 0 Å². The Bertz CT molecular complexity index is 1560. The minimum atomic E-state index is -1.58. The summed E-state index contributed by atoms with van der Waals surface area (Å²) in [5.41, 5.74) is 0. The number of nitrogens with one attached hydrogen (secondary N) is 1. The van der Waals surface area contributed by atoms with Crippen molar-refractivity contribution in [1.29, 1.82) is 0 Å². The van der Waals surface area contributed by atoms with E-state index < -0.39 is 49.5 Å². The number of allylic oxidation sites excluding steroid dienone is 15. The lowest BCUT2D eigenvalue weighted by Crippen LogP contribution is -2.60. The summed E-state index contributed by atoms with van der Waals surface area (Å²) in [5.74, 6) is -0.189. The van der Waals surface area contributed by atoms with Crippen molar-refractivity contribution in [3.05, 3.63) is 97.2 Å². The van der Waals surface area contributed by atoms with Crippen LogP contribution in [0.15, 0.2) is 97.2 Å². The summed E-state index contributed by atoms with van der Waals surface area (Å²) in [7, 11) is 0. The van der Waals surface area contributed by atoms with Crippen LogP contribution in [0, 0.1) is 0 Å². The van der Waals surface area contributed by atoms with Crippen LogP contribution in [0.4, 0.5) is 0 Å². The van der Waals surface area contributed by atoms with E-state index in [2.05, 4.69) is 104 Å². The molecule has 1 rings (SSSR count). The van der Waals surface area contributed by atoms with E-state index >= 15 is 0 Å². The summed E-state index contributed by atoms with van der Waals surface area (Å²) in [5, 5.41) is 54.5. The number of rotatable bonds is 56. The fraction of sp³-hybridized carbons (Fsp3) is 0.757. The van der Waals surface area contributed by atoms with Gasteiger partial charge in [-0.25, -0.2) is 0 Å². The van der Waals surface area contributed by atoms with Gasteiger partial charge in [0.25, 0.3) is 0 Å². The summed E-state index contributed by atoms with van der Waals surface area (Å²) < 4.78 is 11.3. The fourth-order valence-corrected chi connectivity index (χ4v) is 9.98. The Morgan fingerprint density at radius 2 is 0.797 bits per heavy atom. The minimum Gasteiger partial charge on any atom is -0.394 e. The second-order valence-corrected chi connectivity index (χ2v) is 22.5. The van der Waals surface area contributed by atoms with E-state index in [9.17, 15) is 30.3 Å². The van der Waals surface area contributed by atoms with Gasteiger partial charge in [-0.15, -0.1) is 0 Å². The highest BCUT2D eigenvalue weighted by molar-refractivity contribution is 5.76. The van der Waals surface area contributed by atoms with Crippen LogP contribution < -0.4 is 5.32 Å². The van der Waals surface area contributed by atoms with Crippen LogP contribution in [0.2, 0.25) is 0 Å². The monoisotopic (exact) mass is 1110 g/mol. The molecule has 0 aliphatic carbocycles. The van der Waals surface area contributed by atoms with E-state index in [1.165, 1.54) is 180 Å². The molecule has 7 atom stereocenters. The number of aliphatic hydroxyl groups is 5. The number of hydrogen-bond donors (Lipinski definition) is 6. The summed E-state index contributed by atoms with van der Waals surface area (Å²) >= 11 is 0. The van der Waals surface area contributed by atoms with Gasteiger partial charge in [0.1, 0.15) is 24.4 Å². The minimum absolute atomic E-state index is 0.189. The van der Waals surface area contributed by atoms with E-state index in [0.29, 0.717) is 6.42 Å². The van der Waals surface area contributed by atoms with Gasteiger partial charge >= 0.3 is 0 Å². The molecule has 1 fully saturated rings. The van der Waals surface area contributed by atoms with E-state index in [0.717, 1.165) is 83.5 Å². The van der Waals surface area contributed by atoms with Gasteiger partial charge in [-0.3, -0.25) is 4.79 Å². The Hall–Kier alpha value is -2.89. The lowest BCUT2D eigenvalue weighted by atomic mass is 9.99. The van der Waals surface area contributed by atoms with Gasteiger partial charge in [0.05, 0.1) is 25.4 Å². The van der Waals surface area contributed by atoms with Crippen LogP contribution in [0.5, 0.6) is 0 Å². The Morgan fingerprint density at radius 1 is 0.443 bits per heavy atom. The molecule has 0 aromatic heterocycles. The van der Waals surface area contributed by atoms with Crippen molar-refractivity contribution >= 4 is 5.91 Å². The Morgan fingerprint density at radius 3 is 1.22 bits per heavy atom. The van der Waals surface area contributed by atoms with Gasteiger partial charge in [0, 0.05) is 6.42 Å². The topological polar surface area (TPSA) is 149 Å². The molecule has 0 saturated carbocycles. The predicted molar refractivity (Wildman–Crippen MR) is 336 cm³/mol. The molecule has 79 heavy (non-hydrogen) atoms. The summed E-state index contributed by atoms with van der Waals surface area (Å²) in [4.78, 5) is 13.1. The van der Waals surface area contributed by atoms with Gasteiger partial charge in [-0.2, -0.15) is 0 Å². The Kier molecular flexibility index (Phi) is 54.7. The number of ether oxygens (including phenoxy) is 2. The normalized spacial score (nSPS) is 19.2. The maximum absolute atomic E-state index is 13.1. The third-order valence-electron chi connectivity index (χ3n) is 15.1. The SMILES string of the molecule is CC/C=C\C/C=C\C/C=C\C/C=C\C/C=C\CCCCCCCCCCCCCCCCCCCCCCCCCCCC(=O)NC(COC1OC(CO)C(O)C(O)C1O)C(O)/C=C/CC/C=C/CC/C=C/CCCCCCC. The molecule has 1 amide bonds. The summed E-state index contributed by atoms with van der Waals surface area (Å²) in [6.07, 6.45) is 78.1. The number of amides is 1. The molecule has 1 saturated heterocycles. The first kappa shape index (κ1) is 74.1. The molecule has 7 unspecified atom stereocenters. The lowest BCUT2D eigenvalue weighted by Gasteiger charge is -2.40. The van der Waals surface area contributed by atoms with Crippen LogP contribution in [-0.2, 0) is 14.3 Å². The smallest absolute Gasteiger partial charge is 0.220 e. The Balaban J connectivity index is 2.05. The molecule has 0 aromatic rings. The maximum atomic E-state index is 13.1. The third kappa shape index (κ3) is 47.3. The highest BCUT2D eigenvalue weighted by Crippen LogP contribution is 2.23. The highest BCUT2D eigenvalue weighted by Gasteiger charge is 2.44. The van der Waals surface area contributed by atoms with Crippen LogP contribution in [-0.4, -0.2) is 87.5 Å². The molecule has 1 aliphatic heterocycles. The molecule has 456 valence electrons. The number of aliphatic hydroxyl groups excluding tert-OH is 5. The van der Waals surface area contributed by atoms with E-state index in [1.807, 2.05) is 6.08 Å². The van der Waals surface area contributed by atoms with Crippen LogP contribution >= 0.6 is 0 Å². The molecule has 0 bridgehead atoms. The summed E-state index contributed by atoms with van der Waals surface area (Å²) in [6, 6.07) is -0.830. The maximum Gasteiger partial charge on any atom is 0.220 e. The molecule has 1 aliphatic rings. The molecule has 9 nitrogen and oxygen atoms in total. The van der Waals surface area contributed by atoms with Gasteiger partial charge < -0.3 is 40.3 Å². The van der Waals surface area contributed by atoms with E-state index in [4.69, 9.17) is 9.47 Å². The van der Waals surface area contributed by atoms with Gasteiger partial charge in [0.2, 0.25) is 5.91 Å². The molecular weight excluding hydrogens is 983 g/mol. The first-order valence-electron chi connectivity index (χ1n) is 33.0. The zero-order chi connectivity index (χ0) is 57.2. The van der Waals surface area contributed by atoms with Gasteiger partial charge in [0.15, 0.2) is 6.29 Å². The fourth-order valence-electron chi connectivity index (χ4n) is 9.98. The summed E-state index contributed by atoms with van der Waals surface area (Å²) in [6.45, 7) is 3.64. The van der Waals surface area contributed by atoms with Crippen molar-refractivity contribution in [2.45, 2.75) is 326 Å². The Labute approximate surface area is 485 Å². The lowest BCUT2D eigenvalue weighted by molar-refractivity contribution is -0.302. The largest absolute Gasteiger partial charge is 0.394 e. The molecule has 0 aromatic carbocycles. The quantitative estimate of drug-likeness (QED) is 0.0261. The number of unbranched alkanes of at least 4 members (excludes halogenated alkanes) is 32. The second kappa shape index (κ2) is 58.3. The number of hydrogen-bond acceptors (Lipinski definition) is 8. The average molecular weight is 1110 g/mol. The number of carbonyl (C=O) groups is 1. The highest BCUT2D eigenvalue weighted by atomic mass is 16.7. The van der Waals surface area contributed by atoms with Crippen LogP contribution in [0.25, 0.3) is 0 Å². The van der Waals surface area contributed by atoms with Crippen molar-refractivity contribution < 1.29 is 39.8 Å². The standard InChI is InChI=1S/C70H123NO8/c1-3-5-7-9-11-13-15-17-19-20-21-22-23-24-25-26-27-28-29-30-31-32-33-34-35-36-37-38-39-40-41-42-43-44-46-48-50-52-54-56-58-60-66(74)71-63(62-78-70-69(77)68(76)67(75)65(61-72)79-70)64(73)59-57-55-53-51-49-47-45-18-16-14-12-10-8-6-4-2/h5,7,11,13,16-19,21-22,24-25,49,51,57,59,63-65,67-70,72-73,75-77H,3-4,6,8-10,12,14-15,20,23,26-48,50,52-56,58,60-62H2,1-2H3,(H,71,74)/b7-5-,13-11-,18-16+,19-17-,22-21-,25-24-,51-49+,59-57+. The first-order chi connectivity index (χ1) is 38.8. The second-order valence-electron chi connectivity index (χ2n) is 22.5. The predicted octanol–water partition coefficient (Wildman–Crippen LogP) is 17.5. The molecule has 9 heteroatoms. The molecule has 0 radical (unpaired) electrons.